The molecule has 0 aliphatic carbocycles. The molecule has 2 unspecified atom stereocenters. The Bertz CT molecular complexity index is 452. The van der Waals surface area contributed by atoms with Crippen molar-refractivity contribution in [3.05, 3.63) is 20.3 Å². The number of carbonyl (C=O) groups is 1. The van der Waals surface area contributed by atoms with Gasteiger partial charge in [-0.05, 0) is 31.4 Å². The molecule has 0 radical (unpaired) electrons. The Labute approximate surface area is 126 Å². The number of ketones is 1. The molecule has 2 atom stereocenters. The summed E-state index contributed by atoms with van der Waals surface area (Å²) in [6.07, 6.45) is 1.30. The number of hydrogen-bond donors (Lipinski definition) is 1. The van der Waals surface area contributed by atoms with Crippen molar-refractivity contribution < 1.29 is 9.18 Å². The molecule has 106 valence electrons. The summed E-state index contributed by atoms with van der Waals surface area (Å²) < 4.78 is 13.2. The van der Waals surface area contributed by atoms with Crippen molar-refractivity contribution in [2.45, 2.75) is 19.8 Å². The molecule has 19 heavy (non-hydrogen) atoms. The van der Waals surface area contributed by atoms with Gasteiger partial charge in [-0.2, -0.15) is 0 Å². The lowest BCUT2D eigenvalue weighted by Gasteiger charge is -2.28. The van der Waals surface area contributed by atoms with E-state index in [4.69, 9.17) is 23.2 Å². The monoisotopic (exact) mass is 323 g/mol. The van der Waals surface area contributed by atoms with Gasteiger partial charge in [-0.3, -0.25) is 9.18 Å². The maximum Gasteiger partial charge on any atom is 0.180 e. The van der Waals surface area contributed by atoms with Gasteiger partial charge in [0, 0.05) is 12.0 Å². The van der Waals surface area contributed by atoms with Crippen LogP contribution in [0.4, 0.5) is 4.39 Å². The zero-order valence-electron chi connectivity index (χ0n) is 10.6. The van der Waals surface area contributed by atoms with Gasteiger partial charge in [0.1, 0.15) is 4.34 Å². The summed E-state index contributed by atoms with van der Waals surface area (Å²) in [4.78, 5) is 13.3. The van der Waals surface area contributed by atoms with Crippen molar-refractivity contribution in [3.63, 3.8) is 0 Å². The second kappa shape index (κ2) is 6.08. The van der Waals surface area contributed by atoms with Crippen LogP contribution in [0.25, 0.3) is 0 Å². The molecule has 2 rings (SSSR count). The van der Waals surface area contributed by atoms with E-state index in [2.05, 4.69) is 5.32 Å². The van der Waals surface area contributed by atoms with E-state index < -0.39 is 12.1 Å². The topological polar surface area (TPSA) is 29.1 Å². The highest BCUT2D eigenvalue weighted by Gasteiger charge is 2.43. The lowest BCUT2D eigenvalue weighted by molar-refractivity contribution is 0.0775. The van der Waals surface area contributed by atoms with E-state index in [1.807, 2.05) is 6.92 Å². The molecule has 0 spiro atoms. The van der Waals surface area contributed by atoms with E-state index in [0.29, 0.717) is 27.2 Å². The SMILES string of the molecule is CC(CF)CC1(C(=O)c2cc(Cl)c(Cl)s2)CCNC1. The second-order valence-electron chi connectivity index (χ2n) is 5.23. The average molecular weight is 324 g/mol. The summed E-state index contributed by atoms with van der Waals surface area (Å²) in [5, 5.41) is 3.62. The molecule has 2 nitrogen and oxygen atoms in total. The first-order valence-electron chi connectivity index (χ1n) is 6.25. The smallest absolute Gasteiger partial charge is 0.180 e. The van der Waals surface area contributed by atoms with Crippen LogP contribution in [0.1, 0.15) is 29.4 Å². The van der Waals surface area contributed by atoms with Gasteiger partial charge in [-0.1, -0.05) is 30.1 Å². The molecule has 2 heterocycles. The highest BCUT2D eigenvalue weighted by Crippen LogP contribution is 2.41. The number of halogens is 3. The standard InChI is InChI=1S/C13H16Cl2FNOS/c1-8(6-16)5-13(2-3-17-7-13)11(18)10-4-9(14)12(15)19-10/h4,8,17H,2-3,5-7H2,1H3. The van der Waals surface area contributed by atoms with Crippen molar-refractivity contribution >= 4 is 40.3 Å². The van der Waals surface area contributed by atoms with Crippen LogP contribution in [-0.4, -0.2) is 25.5 Å². The number of thiophene rings is 1. The molecule has 0 bridgehead atoms. The van der Waals surface area contributed by atoms with Crippen LogP contribution < -0.4 is 5.32 Å². The van der Waals surface area contributed by atoms with Crippen molar-refractivity contribution in [2.75, 3.05) is 19.8 Å². The molecule has 1 aromatic heterocycles. The van der Waals surface area contributed by atoms with Crippen molar-refractivity contribution in [1.29, 1.82) is 0 Å². The Kier molecular flexibility index (Phi) is 4.88. The first kappa shape index (κ1) is 15.2. The maximum absolute atomic E-state index is 12.8. The van der Waals surface area contributed by atoms with E-state index in [-0.39, 0.29) is 11.7 Å². The highest BCUT2D eigenvalue weighted by molar-refractivity contribution is 7.18. The summed E-state index contributed by atoms with van der Waals surface area (Å²) in [5.74, 6) is -0.0774. The number of alkyl halides is 1. The average Bonchev–Trinajstić information content (AvgIpc) is 2.97. The Morgan fingerprint density at radius 1 is 1.63 bits per heavy atom. The summed E-state index contributed by atoms with van der Waals surface area (Å²) in [6, 6.07) is 1.62. The van der Waals surface area contributed by atoms with Crippen molar-refractivity contribution in [3.8, 4) is 0 Å². The fourth-order valence-electron chi connectivity index (χ4n) is 2.65. The minimum Gasteiger partial charge on any atom is -0.316 e. The van der Waals surface area contributed by atoms with E-state index in [1.54, 1.807) is 6.07 Å². The zero-order chi connectivity index (χ0) is 14.0. The van der Waals surface area contributed by atoms with E-state index in [0.717, 1.165) is 13.0 Å². The minimum absolute atomic E-state index is 0.0385. The Morgan fingerprint density at radius 3 is 2.84 bits per heavy atom. The van der Waals surface area contributed by atoms with Crippen LogP contribution in [-0.2, 0) is 0 Å². The van der Waals surface area contributed by atoms with Crippen LogP contribution in [0.2, 0.25) is 9.36 Å². The Morgan fingerprint density at radius 2 is 2.37 bits per heavy atom. The summed E-state index contributed by atoms with van der Waals surface area (Å²) in [7, 11) is 0. The summed E-state index contributed by atoms with van der Waals surface area (Å²) in [6.45, 7) is 2.82. The molecule has 1 aliphatic rings. The number of nitrogens with one attached hydrogen (secondary N) is 1. The van der Waals surface area contributed by atoms with Gasteiger partial charge in [0.15, 0.2) is 5.78 Å². The van der Waals surface area contributed by atoms with Gasteiger partial charge in [0.25, 0.3) is 0 Å². The fraction of sp³-hybridized carbons (Fsp3) is 0.615. The van der Waals surface area contributed by atoms with Gasteiger partial charge in [-0.15, -0.1) is 11.3 Å². The third-order valence-electron chi connectivity index (χ3n) is 3.60. The van der Waals surface area contributed by atoms with Gasteiger partial charge < -0.3 is 5.32 Å². The number of Topliss-reactive ketones (excluding diaryl/α,β-unsaturated/α-hetero) is 1. The minimum atomic E-state index is -0.511. The molecule has 6 heteroatoms. The molecule has 1 saturated heterocycles. The van der Waals surface area contributed by atoms with Gasteiger partial charge >= 0.3 is 0 Å². The highest BCUT2D eigenvalue weighted by atomic mass is 35.5. The number of carbonyl (C=O) groups excluding carboxylic acids is 1. The van der Waals surface area contributed by atoms with Crippen LogP contribution in [0.3, 0.4) is 0 Å². The zero-order valence-corrected chi connectivity index (χ0v) is 13.0. The molecule has 1 aromatic rings. The molecular weight excluding hydrogens is 308 g/mol. The molecule has 1 aliphatic heterocycles. The Balaban J connectivity index is 2.26. The van der Waals surface area contributed by atoms with E-state index in [1.165, 1.54) is 11.3 Å². The lowest BCUT2D eigenvalue weighted by Crippen LogP contribution is -2.35. The van der Waals surface area contributed by atoms with Gasteiger partial charge in [-0.25, -0.2) is 0 Å². The largest absolute Gasteiger partial charge is 0.316 e. The van der Waals surface area contributed by atoms with Crippen LogP contribution in [0.15, 0.2) is 6.07 Å². The molecule has 0 saturated carbocycles. The third-order valence-corrected chi connectivity index (χ3v) is 5.46. The lowest BCUT2D eigenvalue weighted by atomic mass is 9.75. The normalized spacial score (nSPS) is 24.6. The molecule has 1 N–H and O–H groups in total. The van der Waals surface area contributed by atoms with E-state index in [9.17, 15) is 9.18 Å². The van der Waals surface area contributed by atoms with Crippen LogP contribution in [0, 0.1) is 11.3 Å². The number of hydrogen-bond acceptors (Lipinski definition) is 3. The first-order chi connectivity index (χ1) is 8.98. The summed E-state index contributed by atoms with van der Waals surface area (Å²) in [5.41, 5.74) is -0.511. The predicted molar refractivity (Wildman–Crippen MR) is 78.3 cm³/mol. The van der Waals surface area contributed by atoms with Crippen LogP contribution in [0.5, 0.6) is 0 Å². The molecule has 1 fully saturated rings. The second-order valence-corrected chi connectivity index (χ2v) is 7.29. The predicted octanol–water partition coefficient (Wildman–Crippen LogP) is 4.21. The summed E-state index contributed by atoms with van der Waals surface area (Å²) >= 11 is 13.0. The molecule has 0 amide bonds. The van der Waals surface area contributed by atoms with Gasteiger partial charge in [0.05, 0.1) is 16.6 Å². The fourth-order valence-corrected chi connectivity index (χ4v) is 4.07. The van der Waals surface area contributed by atoms with Crippen molar-refractivity contribution in [2.24, 2.45) is 11.3 Å². The van der Waals surface area contributed by atoms with E-state index >= 15 is 0 Å². The Hall–Kier alpha value is -0.160. The molecular formula is C13H16Cl2FNOS. The number of rotatable bonds is 5. The molecule has 0 aromatic carbocycles. The third kappa shape index (κ3) is 3.13. The van der Waals surface area contributed by atoms with Crippen LogP contribution >= 0.6 is 34.5 Å². The van der Waals surface area contributed by atoms with Crippen molar-refractivity contribution in [1.82, 2.24) is 5.32 Å². The van der Waals surface area contributed by atoms with Gasteiger partial charge in [0.2, 0.25) is 0 Å². The first-order valence-corrected chi connectivity index (χ1v) is 7.82. The maximum atomic E-state index is 12.8. The quantitative estimate of drug-likeness (QED) is 0.822.